The number of hydrogen-bond donors (Lipinski definition) is 1. The molecule has 4 rings (SSSR count). The van der Waals surface area contributed by atoms with E-state index in [1.807, 2.05) is 47.9 Å². The van der Waals surface area contributed by atoms with Crippen LogP contribution in [0.25, 0.3) is 11.5 Å². The van der Waals surface area contributed by atoms with Crippen LogP contribution in [0.4, 0.5) is 5.82 Å². The zero-order valence-corrected chi connectivity index (χ0v) is 17.7. The van der Waals surface area contributed by atoms with E-state index in [4.69, 9.17) is 27.1 Å². The van der Waals surface area contributed by atoms with E-state index in [1.54, 1.807) is 13.4 Å². The monoisotopic (exact) mass is 425 g/mol. The maximum atomic E-state index is 6.28. The zero-order valence-electron chi connectivity index (χ0n) is 16.1. The molecule has 2 heterocycles. The molecule has 0 radical (unpaired) electrons. The number of ether oxygens (including phenoxy) is 1. The molecule has 8 heteroatoms. The number of aryl methyl sites for hydroxylation is 3. The van der Waals surface area contributed by atoms with Crippen LogP contribution in [-0.2, 0) is 13.0 Å². The van der Waals surface area contributed by atoms with Crippen molar-refractivity contribution >= 4 is 29.2 Å². The Morgan fingerprint density at radius 2 is 2.00 bits per heavy atom. The molecule has 0 bridgehead atoms. The largest absolute Gasteiger partial charge is 0.496 e. The Balaban J connectivity index is 1.64. The summed E-state index contributed by atoms with van der Waals surface area (Å²) in [6, 6.07) is 13.8. The van der Waals surface area contributed by atoms with Crippen molar-refractivity contribution in [2.75, 3.05) is 12.8 Å². The summed E-state index contributed by atoms with van der Waals surface area (Å²) >= 11 is 7.73. The number of imidazole rings is 1. The van der Waals surface area contributed by atoms with Crippen LogP contribution in [0.2, 0.25) is 5.02 Å². The topological polar surface area (TPSA) is 78.9 Å². The van der Waals surface area contributed by atoms with Gasteiger partial charge in [-0.15, -0.1) is 0 Å². The average Bonchev–Trinajstić information content (AvgIpc) is 3.13. The van der Waals surface area contributed by atoms with Gasteiger partial charge in [0.05, 0.1) is 18.3 Å². The fraction of sp³-hybridized carbons (Fsp3) is 0.190. The number of aromatic nitrogens is 4. The molecule has 148 valence electrons. The third kappa shape index (κ3) is 4.16. The molecular formula is C21H20ClN5OS. The summed E-state index contributed by atoms with van der Waals surface area (Å²) in [4.78, 5) is 14.6. The minimum atomic E-state index is 0.365. The molecule has 0 aromatic heterocycles. The van der Waals surface area contributed by atoms with Crippen molar-refractivity contribution in [3.63, 3.8) is 0 Å². The number of methoxy groups -OCH3 is 1. The van der Waals surface area contributed by atoms with Crippen molar-refractivity contribution in [3.8, 4) is 17.3 Å². The van der Waals surface area contributed by atoms with E-state index >= 15 is 0 Å². The molecule has 29 heavy (non-hydrogen) atoms. The molecule has 0 unspecified atom stereocenters. The minimum absolute atomic E-state index is 0.365. The van der Waals surface area contributed by atoms with E-state index in [9.17, 15) is 0 Å². The number of fused-ring (bicyclic) bond motifs is 1. The molecule has 2 aliphatic heterocycles. The molecule has 0 fully saturated rings. The number of nitrogens with two attached hydrogens (primary N) is 1. The Bertz CT molecular complexity index is 1130. The van der Waals surface area contributed by atoms with Gasteiger partial charge in [-0.2, -0.15) is 0 Å². The third-order valence-corrected chi connectivity index (χ3v) is 5.84. The molecule has 2 aromatic rings. The highest BCUT2D eigenvalue weighted by Gasteiger charge is 2.20. The summed E-state index contributed by atoms with van der Waals surface area (Å²) in [5.41, 5.74) is 8.87. The van der Waals surface area contributed by atoms with Crippen LogP contribution in [0.15, 0.2) is 58.8 Å². The van der Waals surface area contributed by atoms with E-state index in [1.165, 1.54) is 11.8 Å². The van der Waals surface area contributed by atoms with Crippen LogP contribution in [0, 0.1) is 6.92 Å². The van der Waals surface area contributed by atoms with Gasteiger partial charge in [0.25, 0.3) is 0 Å². The van der Waals surface area contributed by atoms with Gasteiger partial charge >= 0.3 is 0 Å². The number of rotatable bonds is 6. The first-order valence-electron chi connectivity index (χ1n) is 9.09. The normalized spacial score (nSPS) is 11.1. The first-order valence-corrected chi connectivity index (χ1v) is 10.3. The number of anilines is 1. The summed E-state index contributed by atoms with van der Waals surface area (Å²) < 4.78 is 7.42. The quantitative estimate of drug-likeness (QED) is 0.481. The summed E-state index contributed by atoms with van der Waals surface area (Å²) in [6.07, 6.45) is 2.46. The summed E-state index contributed by atoms with van der Waals surface area (Å²) in [7, 11) is 1.65. The van der Waals surface area contributed by atoms with Crippen LogP contribution >= 0.6 is 23.4 Å². The van der Waals surface area contributed by atoms with E-state index in [0.717, 1.165) is 33.2 Å². The highest BCUT2D eigenvalue weighted by Crippen LogP contribution is 2.36. The maximum absolute atomic E-state index is 6.28. The number of hydrogen-bond acceptors (Lipinski definition) is 6. The second kappa shape index (κ2) is 8.31. The van der Waals surface area contributed by atoms with Gasteiger partial charge in [-0.05, 0) is 54.4 Å². The summed E-state index contributed by atoms with van der Waals surface area (Å²) in [5, 5.41) is 1.36. The summed E-state index contributed by atoms with van der Waals surface area (Å²) in [5.74, 6) is 1.86. The lowest BCUT2D eigenvalue weighted by Crippen LogP contribution is -2.10. The Morgan fingerprint density at radius 3 is 2.79 bits per heavy atom. The van der Waals surface area contributed by atoms with Crippen molar-refractivity contribution < 1.29 is 4.74 Å². The smallest absolute Gasteiger partial charge is 0.195 e. The van der Waals surface area contributed by atoms with Gasteiger partial charge in [-0.25, -0.2) is 15.0 Å². The van der Waals surface area contributed by atoms with E-state index in [-0.39, 0.29) is 0 Å². The Kier molecular flexibility index (Phi) is 5.60. The fourth-order valence-electron chi connectivity index (χ4n) is 3.05. The SMILES string of the molecule is COc1ccc(C)cc1Sc1nc2c(N)ncn(CCc3ccccc3Cl)c-2n1. The number of nitrogen functional groups attached to an aromatic ring is 1. The first-order chi connectivity index (χ1) is 14.0. The molecular weight excluding hydrogens is 406 g/mol. The van der Waals surface area contributed by atoms with Gasteiger partial charge in [0.1, 0.15) is 5.75 Å². The van der Waals surface area contributed by atoms with Gasteiger partial charge in [0.2, 0.25) is 0 Å². The standard InChI is InChI=1S/C21H20ClN5OS/c1-13-7-8-16(28-2)17(11-13)29-21-25-18-19(23)24-12-27(20(18)26-21)10-9-14-5-3-4-6-15(14)22/h3-8,11-12H,9-10,23H2,1-2H3. The molecule has 0 amide bonds. The van der Waals surface area contributed by atoms with Crippen molar-refractivity contribution in [3.05, 3.63) is 64.9 Å². The molecule has 0 saturated heterocycles. The molecule has 0 saturated carbocycles. The van der Waals surface area contributed by atoms with Gasteiger partial charge in [-0.3, -0.25) is 0 Å². The number of halogens is 1. The van der Waals surface area contributed by atoms with Gasteiger partial charge < -0.3 is 15.0 Å². The van der Waals surface area contributed by atoms with E-state index in [2.05, 4.69) is 16.0 Å². The fourth-order valence-corrected chi connectivity index (χ4v) is 4.24. The number of benzene rings is 2. The van der Waals surface area contributed by atoms with Crippen LogP contribution in [0.1, 0.15) is 11.1 Å². The van der Waals surface area contributed by atoms with Gasteiger partial charge in [0, 0.05) is 11.6 Å². The van der Waals surface area contributed by atoms with Crippen molar-refractivity contribution in [1.82, 2.24) is 19.5 Å². The van der Waals surface area contributed by atoms with E-state index in [0.29, 0.717) is 29.0 Å². The van der Waals surface area contributed by atoms with E-state index < -0.39 is 0 Å². The van der Waals surface area contributed by atoms with Crippen molar-refractivity contribution in [2.24, 2.45) is 0 Å². The zero-order chi connectivity index (χ0) is 20.4. The first kappa shape index (κ1) is 19.5. The van der Waals surface area contributed by atoms with Crippen LogP contribution in [-0.4, -0.2) is 26.6 Å². The highest BCUT2D eigenvalue weighted by molar-refractivity contribution is 7.99. The lowest BCUT2D eigenvalue weighted by Gasteiger charge is -2.11. The molecule has 0 aliphatic carbocycles. The van der Waals surface area contributed by atoms with Gasteiger partial charge in [0.15, 0.2) is 22.5 Å². The second-order valence-corrected chi connectivity index (χ2v) is 8.02. The molecule has 6 nitrogen and oxygen atoms in total. The lowest BCUT2D eigenvalue weighted by atomic mass is 10.1. The Morgan fingerprint density at radius 1 is 1.17 bits per heavy atom. The highest BCUT2D eigenvalue weighted by atomic mass is 35.5. The van der Waals surface area contributed by atoms with Crippen LogP contribution in [0.5, 0.6) is 5.75 Å². The van der Waals surface area contributed by atoms with Crippen LogP contribution in [0.3, 0.4) is 0 Å². The molecule has 0 spiro atoms. The van der Waals surface area contributed by atoms with Crippen LogP contribution < -0.4 is 10.5 Å². The minimum Gasteiger partial charge on any atom is -0.496 e. The predicted molar refractivity (Wildman–Crippen MR) is 116 cm³/mol. The molecule has 0 atom stereocenters. The maximum Gasteiger partial charge on any atom is 0.195 e. The molecule has 2 aliphatic rings. The summed E-state index contributed by atoms with van der Waals surface area (Å²) in [6.45, 7) is 2.71. The van der Waals surface area contributed by atoms with Gasteiger partial charge in [-0.1, -0.05) is 35.9 Å². The Hall–Kier alpha value is -2.77. The predicted octanol–water partition coefficient (Wildman–Crippen LogP) is 4.72. The third-order valence-electron chi connectivity index (χ3n) is 4.57. The average molecular weight is 426 g/mol. The molecule has 2 N–H and O–H groups in total. The molecule has 2 aromatic carbocycles. The lowest BCUT2D eigenvalue weighted by molar-refractivity contribution is 0.404. The van der Waals surface area contributed by atoms with Crippen molar-refractivity contribution in [1.29, 1.82) is 0 Å². The number of nitrogens with zero attached hydrogens (tertiary/aromatic N) is 4. The second-order valence-electron chi connectivity index (χ2n) is 6.60. The Labute approximate surface area is 178 Å². The van der Waals surface area contributed by atoms with Crippen molar-refractivity contribution in [2.45, 2.75) is 29.9 Å².